The highest BCUT2D eigenvalue weighted by Crippen LogP contribution is 2.52. The first-order valence-corrected chi connectivity index (χ1v) is 12.6. The summed E-state index contributed by atoms with van der Waals surface area (Å²) in [5, 5.41) is 4.44. The van der Waals surface area contributed by atoms with Crippen molar-refractivity contribution in [2.75, 3.05) is 11.4 Å². The number of aromatic amines is 1. The molecule has 1 spiro atoms. The second-order valence-electron chi connectivity index (χ2n) is 10.2. The third kappa shape index (κ3) is 2.87. The Labute approximate surface area is 200 Å². The number of para-hydroxylation sites is 2. The third-order valence-electron chi connectivity index (χ3n) is 7.94. The number of carbonyl (C=O) groups excluding carboxylic acids is 2. The molecule has 3 aromatic rings. The number of carbonyl (C=O) groups is 2. The summed E-state index contributed by atoms with van der Waals surface area (Å²) in [7, 11) is 0. The number of hydrogen-bond acceptors (Lipinski definition) is 2. The zero-order valence-corrected chi connectivity index (χ0v) is 19.9. The minimum absolute atomic E-state index is 0.0222. The molecule has 1 aliphatic carbocycles. The zero-order valence-electron chi connectivity index (χ0n) is 19.9. The molecule has 0 radical (unpaired) electrons. The van der Waals surface area contributed by atoms with Crippen LogP contribution in [-0.2, 0) is 16.8 Å². The lowest BCUT2D eigenvalue weighted by molar-refractivity contribution is -0.127. The quantitative estimate of drug-likeness (QED) is 0.566. The van der Waals surface area contributed by atoms with Gasteiger partial charge in [0, 0.05) is 35.1 Å². The second-order valence-corrected chi connectivity index (χ2v) is 10.2. The number of fused-ring (bicyclic) bond motifs is 6. The normalized spacial score (nSPS) is 22.5. The van der Waals surface area contributed by atoms with Gasteiger partial charge in [-0.05, 0) is 50.8 Å². The van der Waals surface area contributed by atoms with E-state index in [0.29, 0.717) is 6.54 Å². The van der Waals surface area contributed by atoms with E-state index in [2.05, 4.69) is 22.4 Å². The Morgan fingerprint density at radius 3 is 2.59 bits per heavy atom. The molecule has 1 unspecified atom stereocenters. The van der Waals surface area contributed by atoms with Gasteiger partial charge in [0.05, 0.1) is 11.4 Å². The Morgan fingerprint density at radius 1 is 1.06 bits per heavy atom. The molecule has 6 nitrogen and oxygen atoms in total. The van der Waals surface area contributed by atoms with Crippen molar-refractivity contribution >= 4 is 28.5 Å². The number of benzene rings is 2. The van der Waals surface area contributed by atoms with E-state index < -0.39 is 5.54 Å². The number of aromatic nitrogens is 1. The van der Waals surface area contributed by atoms with Crippen molar-refractivity contribution in [3.63, 3.8) is 0 Å². The van der Waals surface area contributed by atoms with E-state index in [0.717, 1.165) is 65.5 Å². The smallest absolute Gasteiger partial charge is 0.319 e. The number of anilines is 1. The molecule has 34 heavy (non-hydrogen) atoms. The molecule has 1 saturated carbocycles. The maximum atomic E-state index is 14.5. The van der Waals surface area contributed by atoms with Crippen LogP contribution in [0.2, 0.25) is 0 Å². The van der Waals surface area contributed by atoms with Crippen LogP contribution in [0.4, 0.5) is 10.5 Å². The summed E-state index contributed by atoms with van der Waals surface area (Å²) in [6.45, 7) is 4.57. The summed E-state index contributed by atoms with van der Waals surface area (Å²) in [6, 6.07) is 16.2. The van der Waals surface area contributed by atoms with Gasteiger partial charge in [0.2, 0.25) is 0 Å². The van der Waals surface area contributed by atoms with Crippen molar-refractivity contribution in [3.05, 3.63) is 65.4 Å². The second kappa shape index (κ2) is 7.90. The van der Waals surface area contributed by atoms with Crippen molar-refractivity contribution < 1.29 is 9.59 Å². The number of nitrogens with zero attached hydrogens (tertiary/aromatic N) is 2. The molecule has 176 valence electrons. The molecule has 6 rings (SSSR count). The molecule has 3 heterocycles. The van der Waals surface area contributed by atoms with Crippen LogP contribution in [0.5, 0.6) is 0 Å². The van der Waals surface area contributed by atoms with Crippen LogP contribution in [0, 0.1) is 0 Å². The van der Waals surface area contributed by atoms with E-state index in [-0.39, 0.29) is 24.0 Å². The van der Waals surface area contributed by atoms with E-state index in [9.17, 15) is 9.59 Å². The average molecular weight is 457 g/mol. The molecule has 6 heteroatoms. The van der Waals surface area contributed by atoms with Gasteiger partial charge in [-0.1, -0.05) is 55.7 Å². The fourth-order valence-corrected chi connectivity index (χ4v) is 6.45. The fraction of sp³-hybridized carbons (Fsp3) is 0.429. The monoisotopic (exact) mass is 456 g/mol. The molecule has 0 bridgehead atoms. The SMILES string of the molecule is CC(C)N1C(=O)C2(c3ccccc31)c1[nH]c3ccccc3c1CCN2C(=O)NC1CCCCC1. The molecule has 1 aromatic heterocycles. The predicted octanol–water partition coefficient (Wildman–Crippen LogP) is 5.07. The Hall–Kier alpha value is -3.28. The van der Waals surface area contributed by atoms with Gasteiger partial charge in [-0.2, -0.15) is 0 Å². The van der Waals surface area contributed by atoms with Crippen LogP contribution in [0.25, 0.3) is 10.9 Å². The van der Waals surface area contributed by atoms with E-state index in [4.69, 9.17) is 0 Å². The van der Waals surface area contributed by atoms with Crippen LogP contribution >= 0.6 is 0 Å². The Morgan fingerprint density at radius 2 is 1.79 bits per heavy atom. The Kier molecular flexibility index (Phi) is 4.94. The molecule has 1 fully saturated rings. The van der Waals surface area contributed by atoms with Gasteiger partial charge in [0.25, 0.3) is 5.91 Å². The van der Waals surface area contributed by atoms with E-state index >= 15 is 0 Å². The van der Waals surface area contributed by atoms with Gasteiger partial charge in [-0.15, -0.1) is 0 Å². The first kappa shape index (κ1) is 21.3. The van der Waals surface area contributed by atoms with Crippen molar-refractivity contribution in [1.82, 2.24) is 15.2 Å². The predicted molar refractivity (Wildman–Crippen MR) is 134 cm³/mol. The van der Waals surface area contributed by atoms with Crippen LogP contribution in [0.15, 0.2) is 48.5 Å². The molecule has 3 amide bonds. The van der Waals surface area contributed by atoms with Crippen molar-refractivity contribution in [2.45, 2.75) is 70.0 Å². The van der Waals surface area contributed by atoms with Gasteiger partial charge in [-0.3, -0.25) is 4.79 Å². The van der Waals surface area contributed by atoms with Crippen molar-refractivity contribution in [2.24, 2.45) is 0 Å². The lowest BCUT2D eigenvalue weighted by atomic mass is 9.80. The minimum Gasteiger partial charge on any atom is -0.355 e. The number of H-pyrrole nitrogens is 1. The maximum absolute atomic E-state index is 14.5. The summed E-state index contributed by atoms with van der Waals surface area (Å²) >= 11 is 0. The number of urea groups is 1. The van der Waals surface area contributed by atoms with Crippen LogP contribution in [0.3, 0.4) is 0 Å². The number of rotatable bonds is 2. The molecule has 1 atom stereocenters. The van der Waals surface area contributed by atoms with Crippen molar-refractivity contribution in [3.8, 4) is 0 Å². The number of hydrogen-bond donors (Lipinski definition) is 2. The molecule has 2 aliphatic heterocycles. The number of nitrogens with one attached hydrogen (secondary N) is 2. The van der Waals surface area contributed by atoms with E-state index in [1.807, 2.05) is 60.0 Å². The van der Waals surface area contributed by atoms with E-state index in [1.165, 1.54) is 6.42 Å². The van der Waals surface area contributed by atoms with Crippen LogP contribution in [0.1, 0.15) is 62.8 Å². The van der Waals surface area contributed by atoms with Crippen LogP contribution in [-0.4, -0.2) is 40.5 Å². The fourth-order valence-electron chi connectivity index (χ4n) is 6.45. The molecular formula is C28H32N4O2. The first-order valence-electron chi connectivity index (χ1n) is 12.6. The highest BCUT2D eigenvalue weighted by molar-refractivity contribution is 6.13. The van der Waals surface area contributed by atoms with Gasteiger partial charge in [0.1, 0.15) is 0 Å². The average Bonchev–Trinajstić information content (AvgIpc) is 3.34. The Balaban J connectivity index is 1.56. The molecule has 3 aliphatic rings. The standard InChI is InChI=1S/C28H32N4O2/c1-18(2)32-24-15-9-7-13-22(24)28(26(32)33)25-21(20-12-6-8-14-23(20)30-25)16-17-31(28)27(34)29-19-10-4-3-5-11-19/h6-9,12-15,18-19,30H,3-5,10-11,16-17H2,1-2H3,(H,29,34). The zero-order chi connectivity index (χ0) is 23.4. The molecule has 2 aromatic carbocycles. The van der Waals surface area contributed by atoms with Crippen LogP contribution < -0.4 is 10.2 Å². The maximum Gasteiger partial charge on any atom is 0.319 e. The largest absolute Gasteiger partial charge is 0.355 e. The summed E-state index contributed by atoms with van der Waals surface area (Å²) in [6.07, 6.45) is 6.25. The Bertz CT molecular complexity index is 1270. The number of amides is 3. The first-order chi connectivity index (χ1) is 16.5. The lowest BCUT2D eigenvalue weighted by Crippen LogP contribution is -2.62. The highest BCUT2D eigenvalue weighted by atomic mass is 16.2. The molecule has 2 N–H and O–H groups in total. The van der Waals surface area contributed by atoms with Gasteiger partial charge >= 0.3 is 6.03 Å². The lowest BCUT2D eigenvalue weighted by Gasteiger charge is -2.44. The van der Waals surface area contributed by atoms with E-state index in [1.54, 1.807) is 0 Å². The summed E-state index contributed by atoms with van der Waals surface area (Å²) in [5.41, 5.74) is 3.59. The molecule has 0 saturated heterocycles. The summed E-state index contributed by atoms with van der Waals surface area (Å²) in [5.74, 6) is -0.0463. The van der Waals surface area contributed by atoms with Crippen molar-refractivity contribution in [1.29, 1.82) is 0 Å². The topological polar surface area (TPSA) is 68.4 Å². The third-order valence-corrected chi connectivity index (χ3v) is 7.94. The van der Waals surface area contributed by atoms with Gasteiger partial charge in [0.15, 0.2) is 5.54 Å². The highest BCUT2D eigenvalue weighted by Gasteiger charge is 2.61. The summed E-state index contributed by atoms with van der Waals surface area (Å²) < 4.78 is 0. The molecular weight excluding hydrogens is 424 g/mol. The van der Waals surface area contributed by atoms with Gasteiger partial charge in [-0.25, -0.2) is 4.79 Å². The minimum atomic E-state index is -1.19. The van der Waals surface area contributed by atoms with Gasteiger partial charge < -0.3 is 20.1 Å². The summed E-state index contributed by atoms with van der Waals surface area (Å²) in [4.78, 5) is 35.7.